The average molecular weight is 403 g/mol. The number of benzene rings is 1. The lowest BCUT2D eigenvalue weighted by molar-refractivity contribution is -0.119. The molecule has 1 aliphatic rings. The van der Waals surface area contributed by atoms with Gasteiger partial charge in [0.2, 0.25) is 5.91 Å². The number of hydrogen-bond donors (Lipinski definition) is 1. The van der Waals surface area contributed by atoms with E-state index in [2.05, 4.69) is 15.0 Å². The molecule has 4 rings (SSSR count). The van der Waals surface area contributed by atoms with Gasteiger partial charge in [0.1, 0.15) is 5.82 Å². The zero-order valence-electron chi connectivity index (χ0n) is 15.0. The Hall–Kier alpha value is -2.25. The van der Waals surface area contributed by atoms with Gasteiger partial charge >= 0.3 is 0 Å². The quantitative estimate of drug-likeness (QED) is 0.700. The van der Waals surface area contributed by atoms with Gasteiger partial charge in [-0.05, 0) is 50.5 Å². The minimum Gasteiger partial charge on any atom is -0.301 e. The summed E-state index contributed by atoms with van der Waals surface area (Å²) in [6, 6.07) is 7.88. The molecule has 3 aromatic rings. The Balaban J connectivity index is 1.61. The summed E-state index contributed by atoms with van der Waals surface area (Å²) in [5.41, 5.74) is 3.20. The molecule has 3 heterocycles. The van der Waals surface area contributed by atoms with E-state index in [-0.39, 0.29) is 16.4 Å². The highest BCUT2D eigenvalue weighted by Crippen LogP contribution is 2.29. The second kappa shape index (κ2) is 7.05. The fourth-order valence-corrected chi connectivity index (χ4v) is 4.68. The molecule has 140 valence electrons. The van der Waals surface area contributed by atoms with E-state index in [4.69, 9.17) is 11.6 Å². The number of carbonyl (C=O) groups is 2. The number of fused-ring (bicyclic) bond motifs is 1. The lowest BCUT2D eigenvalue weighted by Gasteiger charge is -2.11. The zero-order chi connectivity index (χ0) is 19.1. The van der Waals surface area contributed by atoms with Gasteiger partial charge in [-0.3, -0.25) is 19.6 Å². The van der Waals surface area contributed by atoms with Gasteiger partial charge in [-0.15, -0.1) is 0 Å². The van der Waals surface area contributed by atoms with Crippen LogP contribution in [0.1, 0.15) is 24.1 Å². The van der Waals surface area contributed by atoms with Gasteiger partial charge in [-0.25, -0.2) is 0 Å². The molecule has 1 unspecified atom stereocenters. The Morgan fingerprint density at radius 3 is 2.85 bits per heavy atom. The Kier molecular flexibility index (Phi) is 4.74. The molecule has 0 bridgehead atoms. The smallest absolute Gasteiger partial charge is 0.286 e. The summed E-state index contributed by atoms with van der Waals surface area (Å²) >= 11 is 7.19. The van der Waals surface area contributed by atoms with Crippen molar-refractivity contribution in [3.8, 4) is 5.82 Å². The van der Waals surface area contributed by atoms with E-state index in [1.807, 2.05) is 49.1 Å². The number of nitrogens with zero attached hydrogens (tertiary/aromatic N) is 3. The van der Waals surface area contributed by atoms with E-state index >= 15 is 0 Å². The standard InChI is InChI=1S/C19H19ClN4O2S/c1-11-14(4-3-5-16-17(25)21-19(26)27-16)18(23(2)22-11)24-9-8-12-10-13(20)6-7-15(12)24/h6-10,16H,3-5H2,1-2H3,(H,21,25,26). The summed E-state index contributed by atoms with van der Waals surface area (Å²) in [4.78, 5) is 23.1. The number of carbonyl (C=O) groups excluding carboxylic acids is 2. The second-order valence-electron chi connectivity index (χ2n) is 6.68. The highest BCUT2D eigenvalue weighted by molar-refractivity contribution is 8.15. The third kappa shape index (κ3) is 3.37. The average Bonchev–Trinajstić information content (AvgIpc) is 3.23. The normalized spacial score (nSPS) is 17.1. The Labute approximate surface area is 165 Å². The molecule has 1 aromatic carbocycles. The van der Waals surface area contributed by atoms with Gasteiger partial charge in [0.25, 0.3) is 5.24 Å². The van der Waals surface area contributed by atoms with E-state index in [0.29, 0.717) is 11.4 Å². The van der Waals surface area contributed by atoms with Crippen molar-refractivity contribution in [3.63, 3.8) is 0 Å². The first-order valence-electron chi connectivity index (χ1n) is 8.75. The van der Waals surface area contributed by atoms with Crippen molar-refractivity contribution in [2.45, 2.75) is 31.4 Å². The highest BCUT2D eigenvalue weighted by atomic mass is 35.5. The molecule has 1 N–H and O–H groups in total. The minimum absolute atomic E-state index is 0.179. The molecule has 27 heavy (non-hydrogen) atoms. The van der Waals surface area contributed by atoms with Crippen molar-refractivity contribution in [1.29, 1.82) is 0 Å². The van der Waals surface area contributed by atoms with Crippen molar-refractivity contribution in [2.75, 3.05) is 0 Å². The highest BCUT2D eigenvalue weighted by Gasteiger charge is 2.31. The van der Waals surface area contributed by atoms with Crippen LogP contribution in [0, 0.1) is 6.92 Å². The summed E-state index contributed by atoms with van der Waals surface area (Å²) in [6.45, 7) is 2.00. The molecular formula is C19H19ClN4O2S. The van der Waals surface area contributed by atoms with Crippen LogP contribution in [0.4, 0.5) is 4.79 Å². The first-order valence-corrected chi connectivity index (χ1v) is 10.0. The third-order valence-corrected chi connectivity index (χ3v) is 6.14. The van der Waals surface area contributed by atoms with Gasteiger partial charge in [0.15, 0.2) is 0 Å². The monoisotopic (exact) mass is 402 g/mol. The van der Waals surface area contributed by atoms with E-state index in [1.165, 1.54) is 0 Å². The second-order valence-corrected chi connectivity index (χ2v) is 8.29. The van der Waals surface area contributed by atoms with Crippen LogP contribution in [0.15, 0.2) is 30.5 Å². The number of imide groups is 1. The molecule has 8 heteroatoms. The first kappa shape index (κ1) is 18.1. The maximum Gasteiger partial charge on any atom is 0.286 e. The maximum absolute atomic E-state index is 11.7. The number of aryl methyl sites for hydroxylation is 2. The number of nitrogens with one attached hydrogen (secondary N) is 1. The molecular weight excluding hydrogens is 384 g/mol. The van der Waals surface area contributed by atoms with E-state index in [0.717, 1.165) is 52.6 Å². The fraction of sp³-hybridized carbons (Fsp3) is 0.316. The maximum atomic E-state index is 11.7. The zero-order valence-corrected chi connectivity index (χ0v) is 16.6. The summed E-state index contributed by atoms with van der Waals surface area (Å²) < 4.78 is 4.01. The molecule has 2 amide bonds. The number of thioether (sulfide) groups is 1. The third-order valence-electron chi connectivity index (χ3n) is 4.85. The molecule has 1 fully saturated rings. The molecule has 0 aliphatic carbocycles. The van der Waals surface area contributed by atoms with Crippen LogP contribution in [0.3, 0.4) is 0 Å². The van der Waals surface area contributed by atoms with E-state index in [1.54, 1.807) is 0 Å². The molecule has 1 aliphatic heterocycles. The van der Waals surface area contributed by atoms with Gasteiger partial charge < -0.3 is 4.57 Å². The van der Waals surface area contributed by atoms with Crippen molar-refractivity contribution >= 4 is 45.4 Å². The summed E-state index contributed by atoms with van der Waals surface area (Å²) in [5.74, 6) is 0.839. The van der Waals surface area contributed by atoms with Crippen LogP contribution in [0.25, 0.3) is 16.7 Å². The predicted octanol–water partition coefficient (Wildman–Crippen LogP) is 4.00. The van der Waals surface area contributed by atoms with Crippen LogP contribution in [0.5, 0.6) is 0 Å². The van der Waals surface area contributed by atoms with Crippen LogP contribution in [-0.2, 0) is 18.3 Å². The van der Waals surface area contributed by atoms with Crippen LogP contribution >= 0.6 is 23.4 Å². The van der Waals surface area contributed by atoms with Gasteiger partial charge in [-0.2, -0.15) is 5.10 Å². The molecule has 1 atom stereocenters. The van der Waals surface area contributed by atoms with Gasteiger partial charge in [-0.1, -0.05) is 23.4 Å². The minimum atomic E-state index is -0.285. The lowest BCUT2D eigenvalue weighted by atomic mass is 10.1. The van der Waals surface area contributed by atoms with Crippen LogP contribution in [-0.4, -0.2) is 30.7 Å². The van der Waals surface area contributed by atoms with Crippen molar-refractivity contribution in [1.82, 2.24) is 19.7 Å². The Morgan fingerprint density at radius 1 is 1.30 bits per heavy atom. The number of rotatable bonds is 5. The number of amides is 2. The largest absolute Gasteiger partial charge is 0.301 e. The molecule has 6 nitrogen and oxygen atoms in total. The van der Waals surface area contributed by atoms with E-state index in [9.17, 15) is 9.59 Å². The Bertz CT molecular complexity index is 1060. The molecule has 0 saturated carbocycles. The van der Waals surface area contributed by atoms with Crippen LogP contribution in [0.2, 0.25) is 5.02 Å². The fourth-order valence-electron chi connectivity index (χ4n) is 3.63. The number of hydrogen-bond acceptors (Lipinski definition) is 4. The number of aromatic nitrogens is 3. The first-order chi connectivity index (χ1) is 12.9. The molecule has 0 radical (unpaired) electrons. The summed E-state index contributed by atoms with van der Waals surface area (Å²) in [7, 11) is 1.94. The summed E-state index contributed by atoms with van der Waals surface area (Å²) in [6.07, 6.45) is 4.29. The van der Waals surface area contributed by atoms with Gasteiger partial charge in [0, 0.05) is 29.2 Å². The van der Waals surface area contributed by atoms with E-state index < -0.39 is 0 Å². The lowest BCUT2D eigenvalue weighted by Crippen LogP contribution is -2.24. The molecule has 0 spiro atoms. The molecule has 1 saturated heterocycles. The van der Waals surface area contributed by atoms with Gasteiger partial charge in [0.05, 0.1) is 16.5 Å². The van der Waals surface area contributed by atoms with Crippen molar-refractivity contribution in [3.05, 3.63) is 46.7 Å². The van der Waals surface area contributed by atoms with Crippen molar-refractivity contribution < 1.29 is 9.59 Å². The molecule has 2 aromatic heterocycles. The predicted molar refractivity (Wildman–Crippen MR) is 108 cm³/mol. The van der Waals surface area contributed by atoms with Crippen molar-refractivity contribution in [2.24, 2.45) is 7.05 Å². The van der Waals surface area contributed by atoms with Crippen LogP contribution < -0.4 is 5.32 Å². The Morgan fingerprint density at radius 2 is 2.11 bits per heavy atom. The SMILES string of the molecule is Cc1nn(C)c(-n2ccc3cc(Cl)ccc32)c1CCCC1SC(=O)NC1=O. The topological polar surface area (TPSA) is 68.9 Å². The summed E-state index contributed by atoms with van der Waals surface area (Å²) in [5, 5.41) is 8.19. The number of halogens is 1.